The predicted octanol–water partition coefficient (Wildman–Crippen LogP) is 3.36. The first kappa shape index (κ1) is 15.3. The highest BCUT2D eigenvalue weighted by Gasteiger charge is 2.48. The molecule has 3 rings (SSSR count). The minimum Gasteiger partial charge on any atom is -0.511 e. The first-order valence-electron chi connectivity index (χ1n) is 8.26. The number of ketones is 1. The molecule has 0 spiro atoms. The number of carbonyl (C=O) groups is 1. The molecule has 2 N–H and O–H groups in total. The van der Waals surface area contributed by atoms with Gasteiger partial charge in [-0.1, -0.05) is 31.5 Å². The molecule has 22 heavy (non-hydrogen) atoms. The van der Waals surface area contributed by atoms with Gasteiger partial charge in [-0.25, -0.2) is 0 Å². The average molecular weight is 300 g/mol. The molecular formula is C19H24O3. The molecule has 1 aromatic rings. The molecule has 0 amide bonds. The van der Waals surface area contributed by atoms with Crippen molar-refractivity contribution in [1.29, 1.82) is 0 Å². The first-order chi connectivity index (χ1) is 10.5. The molecule has 0 heterocycles. The third kappa shape index (κ3) is 2.19. The van der Waals surface area contributed by atoms with Crippen LogP contribution in [0.3, 0.4) is 0 Å². The second-order valence-electron chi connectivity index (χ2n) is 6.63. The maximum Gasteiger partial charge on any atom is 0.170 e. The molecule has 0 aromatic heterocycles. The van der Waals surface area contributed by atoms with Crippen molar-refractivity contribution >= 4 is 11.4 Å². The van der Waals surface area contributed by atoms with Gasteiger partial charge in [0.2, 0.25) is 0 Å². The van der Waals surface area contributed by atoms with Crippen molar-refractivity contribution < 1.29 is 15.0 Å². The normalized spacial score (nSPS) is 27.6. The lowest BCUT2D eigenvalue weighted by molar-refractivity contribution is -0.117. The Labute approximate surface area is 131 Å². The van der Waals surface area contributed by atoms with Crippen molar-refractivity contribution in [2.24, 2.45) is 11.8 Å². The molecule has 1 saturated carbocycles. The Bertz CT molecular complexity index is 632. The molecule has 0 bridgehead atoms. The molecule has 0 aliphatic heterocycles. The number of carbonyl (C=O) groups excluding carboxylic acids is 1. The fourth-order valence-electron chi connectivity index (χ4n) is 4.17. The summed E-state index contributed by atoms with van der Waals surface area (Å²) in [5.41, 5.74) is 4.93. The monoisotopic (exact) mass is 300 g/mol. The molecule has 3 nitrogen and oxygen atoms in total. The molecule has 3 heteroatoms. The molecule has 3 atom stereocenters. The van der Waals surface area contributed by atoms with Crippen LogP contribution in [0.25, 0.3) is 5.57 Å². The van der Waals surface area contributed by atoms with Crippen molar-refractivity contribution in [1.82, 2.24) is 0 Å². The highest BCUT2D eigenvalue weighted by Crippen LogP contribution is 2.48. The second kappa shape index (κ2) is 5.54. The lowest BCUT2D eigenvalue weighted by Gasteiger charge is -2.16. The second-order valence-corrected chi connectivity index (χ2v) is 6.63. The molecular weight excluding hydrogens is 276 g/mol. The Morgan fingerprint density at radius 3 is 2.14 bits per heavy atom. The van der Waals surface area contributed by atoms with Gasteiger partial charge in [-0.05, 0) is 49.3 Å². The van der Waals surface area contributed by atoms with Crippen LogP contribution in [-0.4, -0.2) is 22.1 Å². The van der Waals surface area contributed by atoms with Crippen molar-refractivity contribution in [3.63, 3.8) is 0 Å². The van der Waals surface area contributed by atoms with Crippen LogP contribution in [-0.2, 0) is 17.6 Å². The highest BCUT2D eigenvalue weighted by atomic mass is 16.3. The van der Waals surface area contributed by atoms with Crippen LogP contribution in [0.5, 0.6) is 0 Å². The number of rotatable bonds is 3. The van der Waals surface area contributed by atoms with Gasteiger partial charge in [0.25, 0.3) is 0 Å². The van der Waals surface area contributed by atoms with E-state index >= 15 is 0 Å². The molecule has 2 aliphatic rings. The molecule has 2 aliphatic carbocycles. The number of allylic oxidation sites excluding steroid dienone is 2. The molecule has 1 aromatic carbocycles. The van der Waals surface area contributed by atoms with E-state index in [1.165, 1.54) is 5.56 Å². The van der Waals surface area contributed by atoms with E-state index in [-0.39, 0.29) is 23.4 Å². The summed E-state index contributed by atoms with van der Waals surface area (Å²) in [5, 5.41) is 20.4. The summed E-state index contributed by atoms with van der Waals surface area (Å²) in [5.74, 6) is -0.193. The van der Waals surface area contributed by atoms with Crippen LogP contribution < -0.4 is 0 Å². The fraction of sp³-hybridized carbons (Fsp3) is 0.526. The van der Waals surface area contributed by atoms with Crippen molar-refractivity contribution in [2.45, 2.75) is 52.6 Å². The van der Waals surface area contributed by atoms with Gasteiger partial charge in [0, 0.05) is 11.8 Å². The smallest absolute Gasteiger partial charge is 0.170 e. The van der Waals surface area contributed by atoms with Crippen LogP contribution in [0.15, 0.2) is 17.9 Å². The predicted molar refractivity (Wildman–Crippen MR) is 86.7 cm³/mol. The van der Waals surface area contributed by atoms with E-state index in [0.717, 1.165) is 29.5 Å². The van der Waals surface area contributed by atoms with Crippen LogP contribution >= 0.6 is 0 Å². The van der Waals surface area contributed by atoms with Crippen molar-refractivity contribution in [3.8, 4) is 0 Å². The highest BCUT2D eigenvalue weighted by molar-refractivity contribution is 6.25. The quantitative estimate of drug-likeness (QED) is 0.900. The fourth-order valence-corrected chi connectivity index (χ4v) is 4.17. The lowest BCUT2D eigenvalue weighted by atomic mass is 9.87. The summed E-state index contributed by atoms with van der Waals surface area (Å²) in [4.78, 5) is 12.8. The van der Waals surface area contributed by atoms with E-state index in [1.807, 2.05) is 0 Å². The number of aliphatic hydroxyl groups is 2. The Morgan fingerprint density at radius 2 is 1.64 bits per heavy atom. The molecule has 0 radical (unpaired) electrons. The van der Waals surface area contributed by atoms with E-state index in [4.69, 9.17) is 0 Å². The zero-order chi connectivity index (χ0) is 16.0. The molecule has 3 unspecified atom stereocenters. The molecule has 0 saturated heterocycles. The standard InChI is InChI=1S/C19H24O3/c1-4-11-6-10(3)7-12(5-2)16(11)17-18(21)14-8-13(20)9-15(14)19(17)22/h6-7,13-15,20-21H,4-5,8-9H2,1-3H3. The first-order valence-corrected chi connectivity index (χ1v) is 8.26. The van der Waals surface area contributed by atoms with Crippen LogP contribution in [0.1, 0.15) is 48.9 Å². The summed E-state index contributed by atoms with van der Waals surface area (Å²) < 4.78 is 0. The van der Waals surface area contributed by atoms with Crippen LogP contribution in [0, 0.1) is 18.8 Å². The lowest BCUT2D eigenvalue weighted by Crippen LogP contribution is -2.14. The van der Waals surface area contributed by atoms with Crippen molar-refractivity contribution in [2.75, 3.05) is 0 Å². The van der Waals surface area contributed by atoms with Gasteiger partial charge in [0.1, 0.15) is 5.76 Å². The van der Waals surface area contributed by atoms with Gasteiger partial charge < -0.3 is 10.2 Å². The largest absolute Gasteiger partial charge is 0.511 e. The number of aliphatic hydroxyl groups excluding tert-OH is 2. The minimum atomic E-state index is -0.461. The van der Waals surface area contributed by atoms with Crippen LogP contribution in [0.4, 0.5) is 0 Å². The van der Waals surface area contributed by atoms with Crippen LogP contribution in [0.2, 0.25) is 0 Å². The average Bonchev–Trinajstić information content (AvgIpc) is 2.98. The summed E-state index contributed by atoms with van der Waals surface area (Å²) >= 11 is 0. The van der Waals surface area contributed by atoms with Gasteiger partial charge >= 0.3 is 0 Å². The number of aryl methyl sites for hydroxylation is 3. The Hall–Kier alpha value is -1.61. The number of benzene rings is 1. The third-order valence-corrected chi connectivity index (χ3v) is 5.19. The Balaban J connectivity index is 2.17. The van der Waals surface area contributed by atoms with Gasteiger partial charge in [-0.2, -0.15) is 0 Å². The topological polar surface area (TPSA) is 57.5 Å². The number of hydrogen-bond donors (Lipinski definition) is 2. The van der Waals surface area contributed by atoms with E-state index < -0.39 is 6.10 Å². The van der Waals surface area contributed by atoms with Gasteiger partial charge in [-0.3, -0.25) is 4.79 Å². The van der Waals surface area contributed by atoms with Gasteiger partial charge in [0.15, 0.2) is 5.78 Å². The van der Waals surface area contributed by atoms with Crippen molar-refractivity contribution in [3.05, 3.63) is 40.1 Å². The van der Waals surface area contributed by atoms with Gasteiger partial charge in [0.05, 0.1) is 11.7 Å². The van der Waals surface area contributed by atoms with Gasteiger partial charge in [-0.15, -0.1) is 0 Å². The molecule has 1 fully saturated rings. The zero-order valence-electron chi connectivity index (χ0n) is 13.5. The van der Waals surface area contributed by atoms with E-state index in [1.54, 1.807) is 0 Å². The third-order valence-electron chi connectivity index (χ3n) is 5.19. The maximum atomic E-state index is 12.8. The number of Topliss-reactive ketones (excluding diaryl/α,β-unsaturated/α-hetero) is 1. The minimum absolute atomic E-state index is 0.0207. The Morgan fingerprint density at radius 1 is 1.09 bits per heavy atom. The molecule has 118 valence electrons. The Kier molecular flexibility index (Phi) is 3.85. The van der Waals surface area contributed by atoms with E-state index in [2.05, 4.69) is 32.9 Å². The zero-order valence-corrected chi connectivity index (χ0v) is 13.5. The number of fused-ring (bicyclic) bond motifs is 1. The number of hydrogen-bond acceptors (Lipinski definition) is 3. The van der Waals surface area contributed by atoms with E-state index in [0.29, 0.717) is 18.4 Å². The summed E-state index contributed by atoms with van der Waals surface area (Å²) in [6.45, 7) is 6.23. The van der Waals surface area contributed by atoms with E-state index in [9.17, 15) is 15.0 Å². The SMILES string of the molecule is CCc1cc(C)cc(CC)c1C1=C(O)C2CC(O)CC2C1=O. The maximum absolute atomic E-state index is 12.8. The summed E-state index contributed by atoms with van der Waals surface area (Å²) in [7, 11) is 0. The summed E-state index contributed by atoms with van der Waals surface area (Å²) in [6, 6.07) is 4.23. The summed E-state index contributed by atoms with van der Waals surface area (Å²) in [6.07, 6.45) is 2.20.